The van der Waals surface area contributed by atoms with Gasteiger partial charge in [-0.05, 0) is 18.4 Å². The van der Waals surface area contributed by atoms with E-state index in [1.54, 1.807) is 26.2 Å². The first-order valence-corrected chi connectivity index (χ1v) is 7.17. The molecule has 2 amide bonds. The van der Waals surface area contributed by atoms with Crippen LogP contribution in [0.25, 0.3) is 0 Å². The van der Waals surface area contributed by atoms with E-state index in [0.29, 0.717) is 28.7 Å². The Morgan fingerprint density at radius 3 is 2.18 bits per heavy atom. The summed E-state index contributed by atoms with van der Waals surface area (Å²) in [5, 5.41) is 2.84. The fourth-order valence-corrected chi connectivity index (χ4v) is 2.31. The van der Waals surface area contributed by atoms with E-state index in [-0.39, 0.29) is 17.7 Å². The van der Waals surface area contributed by atoms with Crippen LogP contribution < -0.4 is 14.8 Å². The predicted molar refractivity (Wildman–Crippen MR) is 83.5 cm³/mol. The van der Waals surface area contributed by atoms with Crippen LogP contribution in [0.4, 0.5) is 5.69 Å². The number of anilines is 1. The number of hydrogen-bond donors (Lipinski definition) is 1. The highest BCUT2D eigenvalue weighted by molar-refractivity contribution is 6.05. The van der Waals surface area contributed by atoms with Gasteiger partial charge in [-0.3, -0.25) is 9.59 Å². The lowest BCUT2D eigenvalue weighted by Crippen LogP contribution is -2.24. The van der Waals surface area contributed by atoms with E-state index in [9.17, 15) is 9.59 Å². The van der Waals surface area contributed by atoms with Crippen molar-refractivity contribution in [2.24, 2.45) is 11.8 Å². The first-order chi connectivity index (χ1) is 10.4. The van der Waals surface area contributed by atoms with Crippen LogP contribution in [0.15, 0.2) is 12.1 Å². The molecule has 22 heavy (non-hydrogen) atoms. The summed E-state index contributed by atoms with van der Waals surface area (Å²) in [7, 11) is 6.34. The minimum absolute atomic E-state index is 0.0235. The smallest absolute Gasteiger partial charge is 0.255 e. The molecule has 0 bridgehead atoms. The average molecular weight is 306 g/mol. The van der Waals surface area contributed by atoms with E-state index in [1.807, 2.05) is 6.92 Å². The molecule has 1 aliphatic carbocycles. The van der Waals surface area contributed by atoms with Crippen LogP contribution in [0.1, 0.15) is 23.7 Å². The third kappa shape index (κ3) is 3.16. The molecule has 6 nitrogen and oxygen atoms in total. The zero-order valence-corrected chi connectivity index (χ0v) is 13.6. The second kappa shape index (κ2) is 6.25. The van der Waals surface area contributed by atoms with Gasteiger partial charge in [0.15, 0.2) is 11.5 Å². The molecule has 0 radical (unpaired) electrons. The molecule has 2 unspecified atom stereocenters. The monoisotopic (exact) mass is 306 g/mol. The number of methoxy groups -OCH3 is 2. The number of nitrogens with zero attached hydrogens (tertiary/aromatic N) is 1. The summed E-state index contributed by atoms with van der Waals surface area (Å²) in [6, 6.07) is 3.22. The van der Waals surface area contributed by atoms with Crippen molar-refractivity contribution in [2.45, 2.75) is 13.3 Å². The average Bonchev–Trinajstić information content (AvgIpc) is 3.22. The Morgan fingerprint density at radius 1 is 1.18 bits per heavy atom. The zero-order chi connectivity index (χ0) is 16.4. The van der Waals surface area contributed by atoms with Crippen LogP contribution in [-0.2, 0) is 4.79 Å². The molecule has 1 aliphatic rings. The van der Waals surface area contributed by atoms with Gasteiger partial charge in [-0.15, -0.1) is 0 Å². The molecule has 1 aromatic rings. The van der Waals surface area contributed by atoms with Gasteiger partial charge in [0.2, 0.25) is 5.91 Å². The van der Waals surface area contributed by atoms with Crippen molar-refractivity contribution in [3.8, 4) is 11.5 Å². The Balaban J connectivity index is 2.39. The molecule has 1 fully saturated rings. The largest absolute Gasteiger partial charge is 0.493 e. The molecule has 0 aromatic heterocycles. The van der Waals surface area contributed by atoms with E-state index < -0.39 is 0 Å². The van der Waals surface area contributed by atoms with Gasteiger partial charge in [0.25, 0.3) is 5.91 Å². The third-order valence-corrected chi connectivity index (χ3v) is 3.86. The van der Waals surface area contributed by atoms with Crippen LogP contribution in [-0.4, -0.2) is 45.0 Å². The fraction of sp³-hybridized carbons (Fsp3) is 0.500. The molecule has 1 N–H and O–H groups in total. The molecule has 0 spiro atoms. The summed E-state index contributed by atoms with van der Waals surface area (Å²) < 4.78 is 10.5. The molecule has 0 aliphatic heterocycles. The minimum Gasteiger partial charge on any atom is -0.493 e. The Morgan fingerprint density at radius 2 is 1.73 bits per heavy atom. The van der Waals surface area contributed by atoms with Gasteiger partial charge >= 0.3 is 0 Å². The molecular formula is C16H22N2O4. The van der Waals surface area contributed by atoms with Gasteiger partial charge in [-0.2, -0.15) is 0 Å². The molecule has 6 heteroatoms. The van der Waals surface area contributed by atoms with E-state index in [0.717, 1.165) is 6.42 Å². The third-order valence-electron chi connectivity index (χ3n) is 3.86. The number of hydrogen-bond acceptors (Lipinski definition) is 4. The molecule has 1 aromatic carbocycles. The number of rotatable bonds is 5. The number of benzene rings is 1. The maximum atomic E-state index is 12.3. The maximum Gasteiger partial charge on any atom is 0.255 e. The molecule has 2 rings (SSSR count). The molecule has 2 atom stereocenters. The van der Waals surface area contributed by atoms with Crippen molar-refractivity contribution in [1.82, 2.24) is 4.90 Å². The van der Waals surface area contributed by atoms with Gasteiger partial charge in [0.05, 0.1) is 25.5 Å². The van der Waals surface area contributed by atoms with E-state index >= 15 is 0 Å². The van der Waals surface area contributed by atoms with Crippen molar-refractivity contribution < 1.29 is 19.1 Å². The Hall–Kier alpha value is -2.24. The quantitative estimate of drug-likeness (QED) is 0.903. The van der Waals surface area contributed by atoms with Crippen molar-refractivity contribution >= 4 is 17.5 Å². The Labute approximate surface area is 130 Å². The van der Waals surface area contributed by atoms with Gasteiger partial charge < -0.3 is 19.7 Å². The lowest BCUT2D eigenvalue weighted by molar-refractivity contribution is -0.117. The van der Waals surface area contributed by atoms with Crippen LogP contribution in [0.5, 0.6) is 11.5 Å². The van der Waals surface area contributed by atoms with Gasteiger partial charge in [-0.25, -0.2) is 0 Å². The predicted octanol–water partition coefficient (Wildman–Crippen LogP) is 2.00. The number of nitrogens with one attached hydrogen (secondary N) is 1. The van der Waals surface area contributed by atoms with E-state index in [1.165, 1.54) is 19.1 Å². The van der Waals surface area contributed by atoms with Crippen molar-refractivity contribution in [3.05, 3.63) is 17.7 Å². The number of carbonyl (C=O) groups excluding carboxylic acids is 2. The van der Waals surface area contributed by atoms with Crippen LogP contribution in [0.2, 0.25) is 0 Å². The van der Waals surface area contributed by atoms with Crippen LogP contribution >= 0.6 is 0 Å². The van der Waals surface area contributed by atoms with Gasteiger partial charge in [-0.1, -0.05) is 6.92 Å². The molecule has 0 heterocycles. The molecular weight excluding hydrogens is 284 g/mol. The SMILES string of the molecule is COc1cc(NC(=O)C2CC2C)c(C(=O)N(C)C)cc1OC. The van der Waals surface area contributed by atoms with Gasteiger partial charge in [0, 0.05) is 26.1 Å². The first-order valence-electron chi connectivity index (χ1n) is 7.17. The first kappa shape index (κ1) is 16.1. The topological polar surface area (TPSA) is 67.9 Å². The van der Waals surface area contributed by atoms with Crippen molar-refractivity contribution in [1.29, 1.82) is 0 Å². The Bertz CT molecular complexity index is 598. The highest BCUT2D eigenvalue weighted by atomic mass is 16.5. The van der Waals surface area contributed by atoms with Gasteiger partial charge in [0.1, 0.15) is 0 Å². The summed E-state index contributed by atoms with van der Waals surface area (Å²) in [5.74, 6) is 1.07. The molecule has 120 valence electrons. The minimum atomic E-state index is -0.208. The molecule has 1 saturated carbocycles. The summed E-state index contributed by atoms with van der Waals surface area (Å²) in [4.78, 5) is 26.0. The Kier molecular flexibility index (Phi) is 4.59. The lowest BCUT2D eigenvalue weighted by Gasteiger charge is -2.18. The second-order valence-electron chi connectivity index (χ2n) is 5.76. The summed E-state index contributed by atoms with van der Waals surface area (Å²) in [6.45, 7) is 2.03. The van der Waals surface area contributed by atoms with E-state index in [2.05, 4.69) is 5.32 Å². The second-order valence-corrected chi connectivity index (χ2v) is 5.76. The molecule has 0 saturated heterocycles. The van der Waals surface area contributed by atoms with Crippen LogP contribution in [0.3, 0.4) is 0 Å². The lowest BCUT2D eigenvalue weighted by atomic mass is 10.1. The summed E-state index contributed by atoms with van der Waals surface area (Å²) >= 11 is 0. The van der Waals surface area contributed by atoms with E-state index in [4.69, 9.17) is 9.47 Å². The van der Waals surface area contributed by atoms with Crippen molar-refractivity contribution in [2.75, 3.05) is 33.6 Å². The number of amides is 2. The van der Waals surface area contributed by atoms with Crippen LogP contribution in [0, 0.1) is 11.8 Å². The number of carbonyl (C=O) groups is 2. The highest BCUT2D eigenvalue weighted by Crippen LogP contribution is 2.40. The summed E-state index contributed by atoms with van der Waals surface area (Å²) in [5.41, 5.74) is 0.824. The highest BCUT2D eigenvalue weighted by Gasteiger charge is 2.39. The zero-order valence-electron chi connectivity index (χ0n) is 13.6. The number of ether oxygens (including phenoxy) is 2. The summed E-state index contributed by atoms with van der Waals surface area (Å²) in [6.07, 6.45) is 0.885. The fourth-order valence-electron chi connectivity index (χ4n) is 2.31. The standard InChI is InChI=1S/C16H22N2O4/c1-9-6-10(9)15(19)17-12-8-14(22-5)13(21-4)7-11(12)16(20)18(2)3/h7-10H,6H2,1-5H3,(H,17,19). The maximum absolute atomic E-state index is 12.3. The van der Waals surface area contributed by atoms with Crippen molar-refractivity contribution in [3.63, 3.8) is 0 Å². The normalized spacial score (nSPS) is 19.3.